The van der Waals surface area contributed by atoms with Crippen molar-refractivity contribution < 1.29 is 9.84 Å². The number of aliphatic hydroxyl groups is 1. The van der Waals surface area contributed by atoms with Crippen molar-refractivity contribution in [3.63, 3.8) is 0 Å². The molecule has 1 aliphatic heterocycles. The molecule has 0 aromatic rings. The molecule has 1 saturated heterocycles. The van der Waals surface area contributed by atoms with Crippen LogP contribution in [0.4, 0.5) is 0 Å². The Kier molecular flexibility index (Phi) is 5.89. The van der Waals surface area contributed by atoms with E-state index in [1.54, 1.807) is 0 Å². The molecular formula is C20H30O2. The van der Waals surface area contributed by atoms with Gasteiger partial charge in [0.05, 0.1) is 12.2 Å². The zero-order chi connectivity index (χ0) is 16.3. The Morgan fingerprint density at radius 2 is 2.27 bits per heavy atom. The molecule has 122 valence electrons. The summed E-state index contributed by atoms with van der Waals surface area (Å²) in [6, 6.07) is 0. The first-order valence-corrected chi connectivity index (χ1v) is 8.54. The number of rotatable bonds is 5. The third-order valence-electron chi connectivity index (χ3n) is 5.44. The van der Waals surface area contributed by atoms with Crippen LogP contribution in [0.25, 0.3) is 0 Å². The lowest BCUT2D eigenvalue weighted by molar-refractivity contribution is 0.0466. The lowest BCUT2D eigenvalue weighted by Gasteiger charge is -2.38. The molecule has 1 aliphatic carbocycles. The van der Waals surface area contributed by atoms with E-state index in [4.69, 9.17) is 16.3 Å². The lowest BCUT2D eigenvalue weighted by atomic mass is 9.65. The third-order valence-corrected chi connectivity index (χ3v) is 5.44. The van der Waals surface area contributed by atoms with Crippen LogP contribution >= 0.6 is 0 Å². The van der Waals surface area contributed by atoms with Gasteiger partial charge in [-0.3, -0.25) is 0 Å². The van der Waals surface area contributed by atoms with Crippen molar-refractivity contribution in [3.05, 3.63) is 23.3 Å². The van der Waals surface area contributed by atoms with E-state index in [1.807, 2.05) is 0 Å². The zero-order valence-corrected chi connectivity index (χ0v) is 14.4. The zero-order valence-electron chi connectivity index (χ0n) is 14.4. The smallest absolute Gasteiger partial charge is 0.0824 e. The van der Waals surface area contributed by atoms with Crippen LogP contribution in [-0.4, -0.2) is 23.9 Å². The van der Waals surface area contributed by atoms with Gasteiger partial charge in [0.25, 0.3) is 0 Å². The fourth-order valence-electron chi connectivity index (χ4n) is 4.33. The molecule has 1 N–H and O–H groups in total. The van der Waals surface area contributed by atoms with E-state index in [1.165, 1.54) is 11.1 Å². The van der Waals surface area contributed by atoms with Crippen molar-refractivity contribution in [1.82, 2.24) is 0 Å². The average Bonchev–Trinajstić information content (AvgIpc) is 2.85. The molecule has 2 aliphatic rings. The van der Waals surface area contributed by atoms with Crippen molar-refractivity contribution in [2.24, 2.45) is 23.7 Å². The first-order chi connectivity index (χ1) is 10.5. The van der Waals surface area contributed by atoms with Crippen LogP contribution in [0, 0.1) is 36.0 Å². The normalized spacial score (nSPS) is 35.2. The second-order valence-electron chi connectivity index (χ2n) is 7.16. The fraction of sp³-hybridized carbons (Fsp3) is 0.700. The van der Waals surface area contributed by atoms with E-state index in [-0.39, 0.29) is 18.8 Å². The third kappa shape index (κ3) is 3.31. The van der Waals surface area contributed by atoms with Crippen molar-refractivity contribution >= 4 is 0 Å². The molecular weight excluding hydrogens is 272 g/mol. The van der Waals surface area contributed by atoms with E-state index < -0.39 is 0 Å². The summed E-state index contributed by atoms with van der Waals surface area (Å²) in [5.41, 5.74) is 2.70. The van der Waals surface area contributed by atoms with Gasteiger partial charge in [0, 0.05) is 24.9 Å². The van der Waals surface area contributed by atoms with Crippen LogP contribution in [-0.2, 0) is 4.74 Å². The number of hydrogen-bond acceptors (Lipinski definition) is 2. The maximum absolute atomic E-state index is 9.09. The second-order valence-corrected chi connectivity index (χ2v) is 7.16. The van der Waals surface area contributed by atoms with Gasteiger partial charge in [-0.2, -0.15) is 0 Å². The minimum Gasteiger partial charge on any atom is -0.396 e. The van der Waals surface area contributed by atoms with Crippen LogP contribution in [0.5, 0.6) is 0 Å². The molecule has 2 rings (SSSR count). The van der Waals surface area contributed by atoms with Gasteiger partial charge in [-0.25, -0.2) is 0 Å². The summed E-state index contributed by atoms with van der Waals surface area (Å²) in [4.78, 5) is 0. The number of aliphatic hydroxyl groups excluding tert-OH is 1. The van der Waals surface area contributed by atoms with Gasteiger partial charge in [0.1, 0.15) is 0 Å². The predicted octanol–water partition coefficient (Wildman–Crippen LogP) is 3.96. The van der Waals surface area contributed by atoms with Crippen molar-refractivity contribution in [2.75, 3.05) is 6.61 Å². The Morgan fingerprint density at radius 1 is 1.55 bits per heavy atom. The van der Waals surface area contributed by atoms with Gasteiger partial charge in [-0.05, 0) is 44.1 Å². The molecule has 1 fully saturated rings. The summed E-state index contributed by atoms with van der Waals surface area (Å²) < 4.78 is 6.43. The van der Waals surface area contributed by atoms with Gasteiger partial charge in [-0.1, -0.05) is 31.6 Å². The number of terminal acetylenes is 1. The number of fused-ring (bicyclic) bond motifs is 1. The van der Waals surface area contributed by atoms with Crippen LogP contribution in [0.2, 0.25) is 0 Å². The molecule has 5 atom stereocenters. The van der Waals surface area contributed by atoms with Crippen LogP contribution < -0.4 is 0 Å². The van der Waals surface area contributed by atoms with Gasteiger partial charge < -0.3 is 9.84 Å². The number of hydrogen-bond donors (Lipinski definition) is 1. The summed E-state index contributed by atoms with van der Waals surface area (Å²) >= 11 is 0. The first-order valence-electron chi connectivity index (χ1n) is 8.54. The second kappa shape index (κ2) is 7.49. The summed E-state index contributed by atoms with van der Waals surface area (Å²) in [6.45, 7) is 9.19. The topological polar surface area (TPSA) is 29.5 Å². The number of ether oxygens (including phenoxy) is 1. The summed E-state index contributed by atoms with van der Waals surface area (Å²) in [7, 11) is 0. The minimum absolute atomic E-state index is 0.135. The molecule has 0 amide bonds. The van der Waals surface area contributed by atoms with Crippen molar-refractivity contribution in [3.8, 4) is 12.3 Å². The summed E-state index contributed by atoms with van der Waals surface area (Å²) in [5.74, 6) is 5.03. The standard InChI is InChI=1S/C20H30O2/c1-6-8-17-18-14(4)10-11-16(13(2)3)19(18)20(22-17)15(5)9-7-12-21/h1,9-10,13,16-21H,7-8,11-12H2,2-5H3/b15-9-/t16-,17-,18-,19-,20+/m1/s1. The monoisotopic (exact) mass is 302 g/mol. The molecule has 0 radical (unpaired) electrons. The number of allylic oxidation sites excluding steroid dienone is 1. The average molecular weight is 302 g/mol. The molecule has 1 heterocycles. The highest BCUT2D eigenvalue weighted by atomic mass is 16.5. The Morgan fingerprint density at radius 3 is 2.86 bits per heavy atom. The Balaban J connectivity index is 2.35. The van der Waals surface area contributed by atoms with E-state index in [9.17, 15) is 0 Å². The van der Waals surface area contributed by atoms with E-state index in [0.29, 0.717) is 36.5 Å². The predicted molar refractivity (Wildman–Crippen MR) is 91.3 cm³/mol. The first kappa shape index (κ1) is 17.3. The highest BCUT2D eigenvalue weighted by molar-refractivity contribution is 5.23. The van der Waals surface area contributed by atoms with E-state index in [0.717, 1.165) is 6.42 Å². The highest BCUT2D eigenvalue weighted by Crippen LogP contribution is 2.50. The fourth-order valence-corrected chi connectivity index (χ4v) is 4.33. The Hall–Kier alpha value is -1.04. The maximum atomic E-state index is 9.09. The molecule has 0 aromatic carbocycles. The molecule has 0 spiro atoms. The van der Waals surface area contributed by atoms with E-state index in [2.05, 4.69) is 45.8 Å². The van der Waals surface area contributed by atoms with Crippen molar-refractivity contribution in [1.29, 1.82) is 0 Å². The molecule has 2 nitrogen and oxygen atoms in total. The quantitative estimate of drug-likeness (QED) is 0.615. The lowest BCUT2D eigenvalue weighted by Crippen LogP contribution is -2.36. The van der Waals surface area contributed by atoms with Gasteiger partial charge >= 0.3 is 0 Å². The Bertz CT molecular complexity index is 480. The van der Waals surface area contributed by atoms with Gasteiger partial charge in [-0.15, -0.1) is 12.3 Å². The molecule has 0 bridgehead atoms. The van der Waals surface area contributed by atoms with Crippen LogP contribution in [0.1, 0.15) is 47.0 Å². The van der Waals surface area contributed by atoms with Crippen molar-refractivity contribution in [2.45, 2.75) is 59.2 Å². The maximum Gasteiger partial charge on any atom is 0.0824 e. The molecule has 0 saturated carbocycles. The van der Waals surface area contributed by atoms with Gasteiger partial charge in [0.2, 0.25) is 0 Å². The van der Waals surface area contributed by atoms with Crippen LogP contribution in [0.15, 0.2) is 23.3 Å². The summed E-state index contributed by atoms with van der Waals surface area (Å²) in [6.07, 6.45) is 12.9. The van der Waals surface area contributed by atoms with E-state index >= 15 is 0 Å². The molecule has 0 aromatic heterocycles. The largest absolute Gasteiger partial charge is 0.396 e. The Labute approximate surface area is 135 Å². The van der Waals surface area contributed by atoms with Gasteiger partial charge in [0.15, 0.2) is 0 Å². The van der Waals surface area contributed by atoms with Crippen LogP contribution in [0.3, 0.4) is 0 Å². The minimum atomic E-state index is 0.135. The summed E-state index contributed by atoms with van der Waals surface area (Å²) in [5, 5.41) is 9.09. The highest BCUT2D eigenvalue weighted by Gasteiger charge is 2.50. The molecule has 0 unspecified atom stereocenters. The SMILES string of the molecule is C#CC[C@H]1O[C@@H](/C(C)=C\CCO)[C@H]2[C@@H]1C(C)=CC[C@@H]2C(C)C. The molecule has 2 heteroatoms. The molecule has 22 heavy (non-hydrogen) atoms.